The second kappa shape index (κ2) is 8.52. The lowest BCUT2D eigenvalue weighted by atomic mass is 10.1. The molecule has 1 saturated carbocycles. The molecule has 2 aromatic rings. The second-order valence-corrected chi connectivity index (χ2v) is 8.45. The SMILES string of the molecule is CCc1c(C)nc(-c2ccc(C)cc2)nc1N1CCN(C(=O)C2CCCC2)CC1. The van der Waals surface area contributed by atoms with Crippen molar-refractivity contribution in [2.45, 2.75) is 52.9 Å². The lowest BCUT2D eigenvalue weighted by molar-refractivity contribution is -0.135. The lowest BCUT2D eigenvalue weighted by Crippen LogP contribution is -2.50. The smallest absolute Gasteiger partial charge is 0.225 e. The average molecular weight is 393 g/mol. The van der Waals surface area contributed by atoms with Gasteiger partial charge in [-0.2, -0.15) is 0 Å². The lowest BCUT2D eigenvalue weighted by Gasteiger charge is -2.37. The van der Waals surface area contributed by atoms with E-state index in [1.54, 1.807) is 0 Å². The first-order valence-corrected chi connectivity index (χ1v) is 11.0. The molecule has 0 N–H and O–H groups in total. The van der Waals surface area contributed by atoms with E-state index < -0.39 is 0 Å². The normalized spacial score (nSPS) is 17.8. The first-order valence-electron chi connectivity index (χ1n) is 11.0. The van der Waals surface area contributed by atoms with E-state index >= 15 is 0 Å². The van der Waals surface area contributed by atoms with Crippen molar-refractivity contribution in [2.24, 2.45) is 5.92 Å². The summed E-state index contributed by atoms with van der Waals surface area (Å²) in [5.74, 6) is 2.47. The zero-order chi connectivity index (χ0) is 20.4. The average Bonchev–Trinajstić information content (AvgIpc) is 3.28. The van der Waals surface area contributed by atoms with E-state index in [9.17, 15) is 4.79 Å². The maximum absolute atomic E-state index is 12.8. The van der Waals surface area contributed by atoms with Gasteiger partial charge in [-0.05, 0) is 33.1 Å². The summed E-state index contributed by atoms with van der Waals surface area (Å²) in [5, 5.41) is 0. The molecule has 1 aromatic carbocycles. The summed E-state index contributed by atoms with van der Waals surface area (Å²) >= 11 is 0. The van der Waals surface area contributed by atoms with Crippen molar-refractivity contribution in [3.63, 3.8) is 0 Å². The Morgan fingerprint density at radius 3 is 2.28 bits per heavy atom. The molecule has 1 amide bonds. The Morgan fingerprint density at radius 1 is 1.00 bits per heavy atom. The first kappa shape index (κ1) is 19.9. The highest BCUT2D eigenvalue weighted by Gasteiger charge is 2.30. The number of amides is 1. The Balaban J connectivity index is 1.54. The van der Waals surface area contributed by atoms with E-state index in [0.717, 1.165) is 68.3 Å². The molecule has 0 spiro atoms. The van der Waals surface area contributed by atoms with E-state index in [-0.39, 0.29) is 5.92 Å². The molecule has 4 rings (SSSR count). The molecule has 0 unspecified atom stereocenters. The fourth-order valence-corrected chi connectivity index (χ4v) is 4.66. The van der Waals surface area contributed by atoms with Crippen LogP contribution in [0.3, 0.4) is 0 Å². The molecule has 1 aliphatic heterocycles. The molecule has 1 aromatic heterocycles. The molecule has 1 saturated heterocycles. The molecule has 2 aliphatic rings. The molecule has 1 aliphatic carbocycles. The minimum absolute atomic E-state index is 0.266. The number of carbonyl (C=O) groups excluding carboxylic acids is 1. The van der Waals surface area contributed by atoms with Gasteiger partial charge in [0.2, 0.25) is 5.91 Å². The van der Waals surface area contributed by atoms with Crippen LogP contribution in [0.1, 0.15) is 49.4 Å². The third-order valence-electron chi connectivity index (χ3n) is 6.45. The van der Waals surface area contributed by atoms with Crippen molar-refractivity contribution in [1.82, 2.24) is 14.9 Å². The molecule has 2 fully saturated rings. The van der Waals surface area contributed by atoms with Gasteiger partial charge in [0.25, 0.3) is 0 Å². The molecule has 0 bridgehead atoms. The van der Waals surface area contributed by atoms with Gasteiger partial charge in [-0.1, -0.05) is 49.6 Å². The number of piperazine rings is 1. The van der Waals surface area contributed by atoms with Gasteiger partial charge in [-0.15, -0.1) is 0 Å². The Morgan fingerprint density at radius 2 is 1.66 bits per heavy atom. The largest absolute Gasteiger partial charge is 0.353 e. The fraction of sp³-hybridized carbons (Fsp3) is 0.542. The predicted octanol–water partition coefficient (Wildman–Crippen LogP) is 4.16. The van der Waals surface area contributed by atoms with Gasteiger partial charge in [-0.3, -0.25) is 4.79 Å². The molecule has 0 radical (unpaired) electrons. The van der Waals surface area contributed by atoms with E-state index in [1.807, 2.05) is 0 Å². The number of nitrogens with zero attached hydrogens (tertiary/aromatic N) is 4. The van der Waals surface area contributed by atoms with Crippen LogP contribution in [0.2, 0.25) is 0 Å². The Labute approximate surface area is 174 Å². The van der Waals surface area contributed by atoms with Crippen molar-refractivity contribution in [3.8, 4) is 11.4 Å². The molecule has 0 atom stereocenters. The van der Waals surface area contributed by atoms with Crippen molar-refractivity contribution in [3.05, 3.63) is 41.1 Å². The second-order valence-electron chi connectivity index (χ2n) is 8.45. The molecule has 5 nitrogen and oxygen atoms in total. The Hall–Kier alpha value is -2.43. The summed E-state index contributed by atoms with van der Waals surface area (Å²) in [5.41, 5.74) is 4.56. The number of hydrogen-bond donors (Lipinski definition) is 0. The van der Waals surface area contributed by atoms with Crippen LogP contribution in [-0.2, 0) is 11.2 Å². The molecule has 2 heterocycles. The van der Waals surface area contributed by atoms with Crippen LogP contribution in [-0.4, -0.2) is 47.0 Å². The van der Waals surface area contributed by atoms with Crippen LogP contribution in [0.4, 0.5) is 5.82 Å². The minimum atomic E-state index is 0.266. The van der Waals surface area contributed by atoms with Gasteiger partial charge in [-0.25, -0.2) is 9.97 Å². The number of anilines is 1. The standard InChI is InChI=1S/C24H32N4O/c1-4-21-18(3)25-22(19-11-9-17(2)10-12-19)26-23(21)27-13-15-28(16-14-27)24(29)20-7-5-6-8-20/h9-12,20H,4-8,13-16H2,1-3H3. The molecule has 154 valence electrons. The molecule has 29 heavy (non-hydrogen) atoms. The van der Waals surface area contributed by atoms with E-state index in [1.165, 1.54) is 24.0 Å². The third kappa shape index (κ3) is 4.14. The minimum Gasteiger partial charge on any atom is -0.353 e. The topological polar surface area (TPSA) is 49.3 Å². The van der Waals surface area contributed by atoms with Gasteiger partial charge >= 0.3 is 0 Å². The predicted molar refractivity (Wildman–Crippen MR) is 117 cm³/mol. The Kier molecular flexibility index (Phi) is 5.84. The van der Waals surface area contributed by atoms with Gasteiger partial charge in [0.1, 0.15) is 5.82 Å². The summed E-state index contributed by atoms with van der Waals surface area (Å²) < 4.78 is 0. The summed E-state index contributed by atoms with van der Waals surface area (Å²) in [6, 6.07) is 8.40. The van der Waals surface area contributed by atoms with Crippen LogP contribution in [0.5, 0.6) is 0 Å². The monoisotopic (exact) mass is 392 g/mol. The third-order valence-corrected chi connectivity index (χ3v) is 6.45. The van der Waals surface area contributed by atoms with Crippen LogP contribution in [0.25, 0.3) is 11.4 Å². The van der Waals surface area contributed by atoms with E-state index in [2.05, 4.69) is 54.8 Å². The zero-order valence-electron chi connectivity index (χ0n) is 17.9. The van der Waals surface area contributed by atoms with E-state index in [0.29, 0.717) is 5.91 Å². The maximum Gasteiger partial charge on any atom is 0.225 e. The van der Waals surface area contributed by atoms with Crippen molar-refractivity contribution >= 4 is 11.7 Å². The van der Waals surface area contributed by atoms with Gasteiger partial charge in [0.15, 0.2) is 5.82 Å². The van der Waals surface area contributed by atoms with Gasteiger partial charge in [0.05, 0.1) is 0 Å². The summed E-state index contributed by atoms with van der Waals surface area (Å²) in [4.78, 5) is 27.0. The van der Waals surface area contributed by atoms with Crippen molar-refractivity contribution in [2.75, 3.05) is 31.1 Å². The van der Waals surface area contributed by atoms with Crippen LogP contribution in [0, 0.1) is 19.8 Å². The highest BCUT2D eigenvalue weighted by molar-refractivity contribution is 5.79. The quantitative estimate of drug-likeness (QED) is 0.784. The summed E-state index contributed by atoms with van der Waals surface area (Å²) in [6.07, 6.45) is 5.47. The first-order chi connectivity index (χ1) is 14.1. The summed E-state index contributed by atoms with van der Waals surface area (Å²) in [7, 11) is 0. The number of rotatable bonds is 4. The zero-order valence-corrected chi connectivity index (χ0v) is 17.9. The molecular weight excluding hydrogens is 360 g/mol. The molecule has 5 heteroatoms. The van der Waals surface area contributed by atoms with Gasteiger partial charge in [0, 0.05) is 48.9 Å². The number of aryl methyl sites for hydroxylation is 2. The van der Waals surface area contributed by atoms with Crippen LogP contribution >= 0.6 is 0 Å². The van der Waals surface area contributed by atoms with E-state index in [4.69, 9.17) is 9.97 Å². The van der Waals surface area contributed by atoms with Crippen LogP contribution in [0.15, 0.2) is 24.3 Å². The summed E-state index contributed by atoms with van der Waals surface area (Å²) in [6.45, 7) is 9.61. The highest BCUT2D eigenvalue weighted by atomic mass is 16.2. The number of carbonyl (C=O) groups is 1. The number of hydrogen-bond acceptors (Lipinski definition) is 4. The Bertz CT molecular complexity index is 863. The van der Waals surface area contributed by atoms with Crippen LogP contribution < -0.4 is 4.90 Å². The van der Waals surface area contributed by atoms with Gasteiger partial charge < -0.3 is 9.80 Å². The molecular formula is C24H32N4O. The number of aromatic nitrogens is 2. The maximum atomic E-state index is 12.8. The highest BCUT2D eigenvalue weighted by Crippen LogP contribution is 2.29. The number of benzene rings is 1. The fourth-order valence-electron chi connectivity index (χ4n) is 4.66. The van der Waals surface area contributed by atoms with Crippen molar-refractivity contribution < 1.29 is 4.79 Å². The van der Waals surface area contributed by atoms with Crippen molar-refractivity contribution in [1.29, 1.82) is 0 Å².